The van der Waals surface area contributed by atoms with E-state index in [0.717, 1.165) is 11.9 Å². The van der Waals surface area contributed by atoms with Crippen molar-refractivity contribution in [2.45, 2.75) is 32.2 Å². The number of H-pyrrole nitrogens is 1. The molecule has 2 aromatic rings. The first-order chi connectivity index (χ1) is 8.66. The number of aromatic amines is 1. The molecule has 0 bridgehead atoms. The topological polar surface area (TPSA) is 104 Å². The van der Waals surface area contributed by atoms with Gasteiger partial charge in [0.05, 0.1) is 6.33 Å². The highest BCUT2D eigenvalue weighted by Crippen LogP contribution is 2.16. The van der Waals surface area contributed by atoms with Crippen molar-refractivity contribution in [1.82, 2.24) is 19.9 Å². The van der Waals surface area contributed by atoms with Crippen LogP contribution in [0.3, 0.4) is 0 Å². The van der Waals surface area contributed by atoms with Crippen molar-refractivity contribution in [2.75, 3.05) is 5.32 Å². The third-order valence-corrected chi connectivity index (χ3v) is 2.63. The third-order valence-electron chi connectivity index (χ3n) is 2.63. The zero-order valence-electron chi connectivity index (χ0n) is 10.1. The Hall–Kier alpha value is -2.18. The summed E-state index contributed by atoms with van der Waals surface area (Å²) < 4.78 is 0. The number of hydrogen-bond acceptors (Lipinski definition) is 5. The van der Waals surface area contributed by atoms with Gasteiger partial charge in [0, 0.05) is 12.5 Å². The standard InChI is InChI=1S/C11H15N5O2/c1-7(3-2-4-8(17)18)16-11-9-10(13-5-12-9)14-6-15-11/h5-7H,2-4H2,1H3,(H,17,18)(H2,12,13,14,15,16). The van der Waals surface area contributed by atoms with Gasteiger partial charge in [-0.15, -0.1) is 0 Å². The molecular weight excluding hydrogens is 234 g/mol. The minimum atomic E-state index is -0.764. The van der Waals surface area contributed by atoms with E-state index in [1.165, 1.54) is 6.33 Å². The van der Waals surface area contributed by atoms with Crippen LogP contribution in [0.1, 0.15) is 26.2 Å². The first kappa shape index (κ1) is 12.3. The van der Waals surface area contributed by atoms with E-state index < -0.39 is 5.97 Å². The molecule has 2 aromatic heterocycles. The highest BCUT2D eigenvalue weighted by atomic mass is 16.4. The fourth-order valence-corrected chi connectivity index (χ4v) is 1.74. The molecule has 18 heavy (non-hydrogen) atoms. The molecule has 0 radical (unpaired) electrons. The van der Waals surface area contributed by atoms with E-state index in [-0.39, 0.29) is 12.5 Å². The second-order valence-corrected chi connectivity index (χ2v) is 4.15. The lowest BCUT2D eigenvalue weighted by molar-refractivity contribution is -0.137. The summed E-state index contributed by atoms with van der Waals surface area (Å²) in [7, 11) is 0. The summed E-state index contributed by atoms with van der Waals surface area (Å²) in [4.78, 5) is 25.6. The van der Waals surface area contributed by atoms with E-state index >= 15 is 0 Å². The van der Waals surface area contributed by atoms with Crippen molar-refractivity contribution in [3.63, 3.8) is 0 Å². The number of imidazole rings is 1. The Bertz CT molecular complexity index is 539. The van der Waals surface area contributed by atoms with Gasteiger partial charge < -0.3 is 15.4 Å². The van der Waals surface area contributed by atoms with E-state index in [2.05, 4.69) is 25.3 Å². The summed E-state index contributed by atoms with van der Waals surface area (Å²) in [6, 6.07) is 0.144. The first-order valence-corrected chi connectivity index (χ1v) is 5.79. The van der Waals surface area contributed by atoms with Crippen molar-refractivity contribution in [3.8, 4) is 0 Å². The van der Waals surface area contributed by atoms with E-state index in [9.17, 15) is 4.79 Å². The Morgan fingerprint density at radius 1 is 1.50 bits per heavy atom. The lowest BCUT2D eigenvalue weighted by Gasteiger charge is -2.13. The van der Waals surface area contributed by atoms with Crippen LogP contribution in [-0.2, 0) is 4.79 Å². The van der Waals surface area contributed by atoms with Crippen molar-refractivity contribution < 1.29 is 9.90 Å². The molecule has 0 aliphatic rings. The Labute approximate surface area is 104 Å². The van der Waals surface area contributed by atoms with E-state index in [0.29, 0.717) is 17.9 Å². The number of aliphatic carboxylic acids is 1. The summed E-state index contributed by atoms with van der Waals surface area (Å²) >= 11 is 0. The minimum absolute atomic E-state index is 0.144. The average molecular weight is 249 g/mol. The molecule has 0 aliphatic heterocycles. The maximum atomic E-state index is 10.4. The number of anilines is 1. The Morgan fingerprint density at radius 2 is 2.33 bits per heavy atom. The summed E-state index contributed by atoms with van der Waals surface area (Å²) in [6.07, 6.45) is 4.62. The van der Waals surface area contributed by atoms with Gasteiger partial charge in [-0.3, -0.25) is 4.79 Å². The number of aromatic nitrogens is 4. The van der Waals surface area contributed by atoms with Crippen LogP contribution in [0.4, 0.5) is 5.82 Å². The van der Waals surface area contributed by atoms with E-state index in [1.807, 2.05) is 6.92 Å². The molecule has 0 aromatic carbocycles. The van der Waals surface area contributed by atoms with Gasteiger partial charge in [-0.25, -0.2) is 15.0 Å². The molecule has 0 amide bonds. The first-order valence-electron chi connectivity index (χ1n) is 5.79. The number of nitrogens with zero attached hydrogens (tertiary/aromatic N) is 3. The zero-order valence-corrected chi connectivity index (χ0v) is 10.1. The zero-order chi connectivity index (χ0) is 13.0. The van der Waals surface area contributed by atoms with Crippen LogP contribution in [-0.4, -0.2) is 37.1 Å². The van der Waals surface area contributed by atoms with Crippen LogP contribution in [0.2, 0.25) is 0 Å². The molecule has 7 nitrogen and oxygen atoms in total. The van der Waals surface area contributed by atoms with Gasteiger partial charge in [0.25, 0.3) is 0 Å². The fourth-order valence-electron chi connectivity index (χ4n) is 1.74. The van der Waals surface area contributed by atoms with Crippen molar-refractivity contribution in [1.29, 1.82) is 0 Å². The van der Waals surface area contributed by atoms with E-state index in [4.69, 9.17) is 5.11 Å². The quantitative estimate of drug-likeness (QED) is 0.715. The number of carboxylic acid groups (broad SMARTS) is 1. The highest BCUT2D eigenvalue weighted by molar-refractivity contribution is 5.81. The third kappa shape index (κ3) is 2.93. The van der Waals surface area contributed by atoms with Gasteiger partial charge in [-0.05, 0) is 19.8 Å². The molecule has 0 fully saturated rings. The van der Waals surface area contributed by atoms with Crippen molar-refractivity contribution in [3.05, 3.63) is 12.7 Å². The molecule has 0 aliphatic carbocycles. The number of carbonyl (C=O) groups is 1. The molecule has 3 N–H and O–H groups in total. The molecule has 1 atom stereocenters. The predicted octanol–water partition coefficient (Wildman–Crippen LogP) is 1.41. The summed E-state index contributed by atoms with van der Waals surface area (Å²) in [6.45, 7) is 1.99. The molecule has 2 heterocycles. The number of carboxylic acids is 1. The molecule has 7 heteroatoms. The maximum Gasteiger partial charge on any atom is 0.303 e. The van der Waals surface area contributed by atoms with Crippen molar-refractivity contribution >= 4 is 23.0 Å². The Morgan fingerprint density at radius 3 is 3.11 bits per heavy atom. The molecule has 96 valence electrons. The summed E-state index contributed by atoms with van der Waals surface area (Å²) in [5, 5.41) is 11.8. The molecular formula is C11H15N5O2. The molecule has 0 saturated carbocycles. The van der Waals surface area contributed by atoms with Gasteiger partial charge >= 0.3 is 5.97 Å². The van der Waals surface area contributed by atoms with Crippen LogP contribution in [0.5, 0.6) is 0 Å². The molecule has 1 unspecified atom stereocenters. The Kier molecular flexibility index (Phi) is 3.71. The average Bonchev–Trinajstić information content (AvgIpc) is 2.77. The molecule has 2 rings (SSSR count). The lowest BCUT2D eigenvalue weighted by Crippen LogP contribution is -2.16. The van der Waals surface area contributed by atoms with Crippen molar-refractivity contribution in [2.24, 2.45) is 0 Å². The van der Waals surface area contributed by atoms with Gasteiger partial charge in [0.15, 0.2) is 11.5 Å². The summed E-state index contributed by atoms with van der Waals surface area (Å²) in [5.74, 6) is -0.0690. The van der Waals surface area contributed by atoms with Gasteiger partial charge in [0.2, 0.25) is 0 Å². The highest BCUT2D eigenvalue weighted by Gasteiger charge is 2.09. The summed E-state index contributed by atoms with van der Waals surface area (Å²) in [5.41, 5.74) is 1.38. The fraction of sp³-hybridized carbons (Fsp3) is 0.455. The Balaban J connectivity index is 1.96. The van der Waals surface area contributed by atoms with Crippen LogP contribution in [0.15, 0.2) is 12.7 Å². The van der Waals surface area contributed by atoms with Crippen LogP contribution < -0.4 is 5.32 Å². The SMILES string of the molecule is CC(CCCC(=O)O)Nc1ncnc2nc[nH]c12. The van der Waals surface area contributed by atoms with Gasteiger partial charge in [-0.2, -0.15) is 0 Å². The predicted molar refractivity (Wildman–Crippen MR) is 66.3 cm³/mol. The number of nitrogens with one attached hydrogen (secondary N) is 2. The van der Waals surface area contributed by atoms with Crippen LogP contribution in [0.25, 0.3) is 11.2 Å². The lowest BCUT2D eigenvalue weighted by atomic mass is 10.1. The van der Waals surface area contributed by atoms with Crippen LogP contribution in [0, 0.1) is 0 Å². The molecule has 0 spiro atoms. The van der Waals surface area contributed by atoms with Gasteiger partial charge in [-0.1, -0.05) is 0 Å². The van der Waals surface area contributed by atoms with Crippen LogP contribution >= 0.6 is 0 Å². The monoisotopic (exact) mass is 249 g/mol. The van der Waals surface area contributed by atoms with E-state index in [1.54, 1.807) is 6.33 Å². The normalized spacial score (nSPS) is 12.5. The molecule has 0 saturated heterocycles. The second-order valence-electron chi connectivity index (χ2n) is 4.15. The second kappa shape index (κ2) is 5.44. The smallest absolute Gasteiger partial charge is 0.303 e. The number of hydrogen-bond donors (Lipinski definition) is 3. The largest absolute Gasteiger partial charge is 0.481 e. The number of rotatable bonds is 6. The number of fused-ring (bicyclic) bond motifs is 1. The maximum absolute atomic E-state index is 10.4. The minimum Gasteiger partial charge on any atom is -0.481 e. The van der Waals surface area contributed by atoms with Gasteiger partial charge in [0.1, 0.15) is 11.8 Å².